The van der Waals surface area contributed by atoms with E-state index in [2.05, 4.69) is 11.8 Å². The number of rotatable bonds is 4. The van der Waals surface area contributed by atoms with Gasteiger partial charge in [0, 0.05) is 18.6 Å². The average Bonchev–Trinajstić information content (AvgIpc) is 2.26. The lowest BCUT2D eigenvalue weighted by atomic mass is 10.2. The fraction of sp³-hybridized carbons (Fsp3) is 0.429. The van der Waals surface area contributed by atoms with Gasteiger partial charge in [-0.05, 0) is 44.5 Å². The average molecular weight is 218 g/mol. The van der Waals surface area contributed by atoms with Crippen molar-refractivity contribution in [1.29, 1.82) is 0 Å². The molecule has 0 atom stereocenters. The van der Waals surface area contributed by atoms with E-state index in [0.717, 1.165) is 24.2 Å². The second kappa shape index (κ2) is 6.92. The minimum Gasteiger partial charge on any atom is -0.491 e. The monoisotopic (exact) mass is 218 g/mol. The Labute approximate surface area is 97.3 Å². The summed E-state index contributed by atoms with van der Waals surface area (Å²) < 4.78 is 5.53. The zero-order chi connectivity index (χ0) is 11.8. The number of benzene rings is 1. The number of hydrogen-bond acceptors (Lipinski definition) is 2. The molecule has 2 heteroatoms. The molecule has 0 saturated carbocycles. The third kappa shape index (κ3) is 4.86. The molecule has 1 aromatic carbocycles. The predicted octanol–water partition coefficient (Wildman–Crippen LogP) is 2.60. The van der Waals surface area contributed by atoms with Crippen molar-refractivity contribution in [2.24, 2.45) is 0 Å². The van der Waals surface area contributed by atoms with Gasteiger partial charge in [-0.15, -0.1) is 0 Å². The fourth-order valence-corrected chi connectivity index (χ4v) is 1.22. The lowest BCUT2D eigenvalue weighted by Gasteiger charge is -2.08. The quantitative estimate of drug-likeness (QED) is 0.621. The van der Waals surface area contributed by atoms with Crippen molar-refractivity contribution in [1.82, 2.24) is 0 Å². The predicted molar refractivity (Wildman–Crippen MR) is 65.4 cm³/mol. The van der Waals surface area contributed by atoms with Crippen molar-refractivity contribution in [3.8, 4) is 17.6 Å². The first kappa shape index (κ1) is 12.6. The maximum atomic E-state index is 8.60. The second-order valence-electron chi connectivity index (χ2n) is 3.82. The summed E-state index contributed by atoms with van der Waals surface area (Å²) in [6.07, 6.45) is 1.67. The van der Waals surface area contributed by atoms with Crippen molar-refractivity contribution in [3.05, 3.63) is 29.8 Å². The van der Waals surface area contributed by atoms with Crippen LogP contribution in [-0.2, 0) is 0 Å². The van der Waals surface area contributed by atoms with Gasteiger partial charge in [-0.3, -0.25) is 0 Å². The van der Waals surface area contributed by atoms with Crippen LogP contribution in [0.15, 0.2) is 24.3 Å². The molecule has 1 rings (SSSR count). The van der Waals surface area contributed by atoms with Crippen molar-refractivity contribution >= 4 is 0 Å². The molecule has 0 unspecified atom stereocenters. The molecule has 0 radical (unpaired) electrons. The van der Waals surface area contributed by atoms with E-state index >= 15 is 0 Å². The molecular weight excluding hydrogens is 200 g/mol. The minimum atomic E-state index is 0.196. The van der Waals surface area contributed by atoms with Crippen LogP contribution in [0.1, 0.15) is 32.3 Å². The van der Waals surface area contributed by atoms with Gasteiger partial charge >= 0.3 is 0 Å². The Morgan fingerprint density at radius 2 is 1.94 bits per heavy atom. The van der Waals surface area contributed by atoms with Gasteiger partial charge in [-0.25, -0.2) is 0 Å². The third-order valence-electron chi connectivity index (χ3n) is 1.92. The molecular formula is C14H18O2. The molecule has 86 valence electrons. The van der Waals surface area contributed by atoms with Crippen LogP contribution in [0.4, 0.5) is 0 Å². The molecule has 2 nitrogen and oxygen atoms in total. The van der Waals surface area contributed by atoms with Gasteiger partial charge in [0.2, 0.25) is 0 Å². The largest absolute Gasteiger partial charge is 0.491 e. The van der Waals surface area contributed by atoms with Crippen LogP contribution in [-0.4, -0.2) is 17.8 Å². The summed E-state index contributed by atoms with van der Waals surface area (Å²) in [6.45, 7) is 4.21. The van der Waals surface area contributed by atoms with Crippen LogP contribution in [0, 0.1) is 11.8 Å². The summed E-state index contributed by atoms with van der Waals surface area (Å²) in [4.78, 5) is 0. The van der Waals surface area contributed by atoms with Crippen molar-refractivity contribution in [2.75, 3.05) is 6.61 Å². The molecule has 0 saturated heterocycles. The highest BCUT2D eigenvalue weighted by Gasteiger charge is 1.96. The van der Waals surface area contributed by atoms with E-state index in [-0.39, 0.29) is 12.7 Å². The van der Waals surface area contributed by atoms with Crippen LogP contribution < -0.4 is 4.74 Å². The van der Waals surface area contributed by atoms with E-state index in [1.54, 1.807) is 0 Å². The Morgan fingerprint density at radius 3 is 2.50 bits per heavy atom. The second-order valence-corrected chi connectivity index (χ2v) is 3.82. The Bertz CT molecular complexity index is 355. The van der Waals surface area contributed by atoms with E-state index in [0.29, 0.717) is 0 Å². The first-order valence-electron chi connectivity index (χ1n) is 5.59. The summed E-state index contributed by atoms with van der Waals surface area (Å²) in [5.74, 6) is 6.93. The van der Waals surface area contributed by atoms with Gasteiger partial charge in [0.05, 0.1) is 6.10 Å². The molecule has 1 aromatic rings. The summed E-state index contributed by atoms with van der Waals surface area (Å²) in [6, 6.07) is 7.75. The molecule has 0 amide bonds. The first-order chi connectivity index (χ1) is 7.72. The number of aliphatic hydroxyl groups is 1. The molecule has 0 spiro atoms. The minimum absolute atomic E-state index is 0.196. The van der Waals surface area contributed by atoms with Gasteiger partial charge < -0.3 is 9.84 Å². The van der Waals surface area contributed by atoms with Crippen LogP contribution in [0.2, 0.25) is 0 Å². The van der Waals surface area contributed by atoms with Crippen molar-refractivity contribution in [2.45, 2.75) is 32.8 Å². The maximum Gasteiger partial charge on any atom is 0.119 e. The number of aliphatic hydroxyl groups excluding tert-OH is 1. The standard InChI is InChI=1S/C14H18O2/c1-12(2)16-14-9-7-13(8-10-14)6-4-3-5-11-15/h7-10,12,15H,3,5,11H2,1-2H3. The van der Waals surface area contributed by atoms with Crippen LogP contribution in [0.3, 0.4) is 0 Å². The van der Waals surface area contributed by atoms with Crippen molar-refractivity contribution in [3.63, 3.8) is 0 Å². The zero-order valence-electron chi connectivity index (χ0n) is 9.86. The van der Waals surface area contributed by atoms with Crippen LogP contribution >= 0.6 is 0 Å². The summed E-state index contributed by atoms with van der Waals surface area (Å²) in [7, 11) is 0. The lowest BCUT2D eigenvalue weighted by molar-refractivity contribution is 0.242. The molecule has 0 aliphatic rings. The molecule has 0 bridgehead atoms. The normalized spacial score (nSPS) is 9.75. The van der Waals surface area contributed by atoms with Crippen LogP contribution in [0.5, 0.6) is 5.75 Å². The number of hydrogen-bond donors (Lipinski definition) is 1. The molecule has 0 aliphatic carbocycles. The molecule has 0 aromatic heterocycles. The number of ether oxygens (including phenoxy) is 1. The zero-order valence-corrected chi connectivity index (χ0v) is 9.86. The summed E-state index contributed by atoms with van der Waals surface area (Å²) >= 11 is 0. The molecule has 0 heterocycles. The van der Waals surface area contributed by atoms with E-state index in [1.807, 2.05) is 38.1 Å². The first-order valence-corrected chi connectivity index (χ1v) is 5.59. The summed E-state index contributed by atoms with van der Waals surface area (Å²) in [5.41, 5.74) is 0.981. The van der Waals surface area contributed by atoms with Crippen molar-refractivity contribution < 1.29 is 9.84 Å². The van der Waals surface area contributed by atoms with Gasteiger partial charge in [0.1, 0.15) is 5.75 Å². The molecule has 0 fully saturated rings. The molecule has 1 N–H and O–H groups in total. The third-order valence-corrected chi connectivity index (χ3v) is 1.92. The highest BCUT2D eigenvalue weighted by molar-refractivity contribution is 5.38. The van der Waals surface area contributed by atoms with E-state index < -0.39 is 0 Å². The SMILES string of the molecule is CC(C)Oc1ccc(C#CCCCO)cc1. The maximum absolute atomic E-state index is 8.60. The topological polar surface area (TPSA) is 29.5 Å². The highest BCUT2D eigenvalue weighted by Crippen LogP contribution is 2.13. The number of unbranched alkanes of at least 4 members (excludes halogenated alkanes) is 1. The Kier molecular flexibility index (Phi) is 5.45. The van der Waals surface area contributed by atoms with Gasteiger partial charge in [-0.1, -0.05) is 11.8 Å². The van der Waals surface area contributed by atoms with E-state index in [1.165, 1.54) is 0 Å². The fourth-order valence-electron chi connectivity index (χ4n) is 1.22. The van der Waals surface area contributed by atoms with E-state index in [4.69, 9.17) is 9.84 Å². The lowest BCUT2D eigenvalue weighted by Crippen LogP contribution is -2.05. The van der Waals surface area contributed by atoms with Gasteiger partial charge in [0.25, 0.3) is 0 Å². The Hall–Kier alpha value is -1.46. The molecule has 16 heavy (non-hydrogen) atoms. The Morgan fingerprint density at radius 1 is 1.25 bits per heavy atom. The highest BCUT2D eigenvalue weighted by atomic mass is 16.5. The van der Waals surface area contributed by atoms with Gasteiger partial charge in [-0.2, -0.15) is 0 Å². The Balaban J connectivity index is 2.53. The van der Waals surface area contributed by atoms with Crippen LogP contribution in [0.25, 0.3) is 0 Å². The van der Waals surface area contributed by atoms with E-state index in [9.17, 15) is 0 Å². The smallest absolute Gasteiger partial charge is 0.119 e. The van der Waals surface area contributed by atoms with Gasteiger partial charge in [0.15, 0.2) is 0 Å². The summed E-state index contributed by atoms with van der Waals surface area (Å²) in [5, 5.41) is 8.60. The molecule has 0 aliphatic heterocycles.